The van der Waals surface area contributed by atoms with Crippen LogP contribution in [0.3, 0.4) is 0 Å². The molecule has 0 atom stereocenters. The Labute approximate surface area is 92.3 Å². The van der Waals surface area contributed by atoms with Gasteiger partial charge < -0.3 is 9.84 Å². The van der Waals surface area contributed by atoms with Crippen molar-refractivity contribution < 1.29 is 19.4 Å². The average Bonchev–Trinajstić information content (AvgIpc) is 2.27. The van der Waals surface area contributed by atoms with Gasteiger partial charge in [0.25, 0.3) is 0 Å². The molecule has 1 rings (SSSR count). The minimum Gasteiger partial charge on any atom is -0.478 e. The lowest BCUT2D eigenvalue weighted by atomic mass is 10.2. The maximum Gasteiger partial charge on any atom is 0.411 e. The third-order valence-electron chi connectivity index (χ3n) is 1.73. The molecule has 1 aromatic carbocycles. The van der Waals surface area contributed by atoms with E-state index in [-0.39, 0.29) is 17.9 Å². The van der Waals surface area contributed by atoms with E-state index < -0.39 is 12.1 Å². The first kappa shape index (κ1) is 11.8. The summed E-state index contributed by atoms with van der Waals surface area (Å²) in [6, 6.07) is 6.07. The molecule has 84 valence electrons. The number of carbonyl (C=O) groups is 2. The van der Waals surface area contributed by atoms with Crippen LogP contribution in [0.1, 0.15) is 10.4 Å². The van der Waals surface area contributed by atoms with Crippen molar-refractivity contribution in [2.75, 3.05) is 11.9 Å². The third kappa shape index (κ3) is 3.13. The molecular formula is C11H11NO4. The quantitative estimate of drug-likeness (QED) is 0.763. The molecule has 0 unspecified atom stereocenters. The number of carboxylic acids is 1. The second-order valence-corrected chi connectivity index (χ2v) is 2.86. The molecule has 0 aromatic heterocycles. The Morgan fingerprint density at radius 3 is 2.75 bits per heavy atom. The van der Waals surface area contributed by atoms with E-state index in [4.69, 9.17) is 5.11 Å². The second-order valence-electron chi connectivity index (χ2n) is 2.86. The highest BCUT2D eigenvalue weighted by Gasteiger charge is 2.11. The van der Waals surface area contributed by atoms with E-state index in [1.165, 1.54) is 18.2 Å². The molecule has 0 bridgehead atoms. The fraction of sp³-hybridized carbons (Fsp3) is 0.0909. The van der Waals surface area contributed by atoms with Crippen LogP contribution in [0, 0.1) is 0 Å². The van der Waals surface area contributed by atoms with Crippen LogP contribution in [-0.2, 0) is 4.74 Å². The summed E-state index contributed by atoms with van der Waals surface area (Å²) < 4.78 is 4.67. The standard InChI is InChI=1S/C11H11NO4/c1-2-7-16-11(15)12-9-6-4-3-5-8(9)10(13)14/h2-6H,1,7H2,(H,12,15)(H,13,14). The zero-order chi connectivity index (χ0) is 12.0. The molecule has 2 N–H and O–H groups in total. The summed E-state index contributed by atoms with van der Waals surface area (Å²) >= 11 is 0. The van der Waals surface area contributed by atoms with Crippen LogP contribution in [0.5, 0.6) is 0 Å². The van der Waals surface area contributed by atoms with Gasteiger partial charge in [-0.05, 0) is 12.1 Å². The van der Waals surface area contributed by atoms with Crippen LogP contribution in [0.15, 0.2) is 36.9 Å². The van der Waals surface area contributed by atoms with E-state index in [0.29, 0.717) is 0 Å². The van der Waals surface area contributed by atoms with Crippen LogP contribution < -0.4 is 5.32 Å². The number of hydrogen-bond acceptors (Lipinski definition) is 3. The zero-order valence-corrected chi connectivity index (χ0v) is 8.47. The monoisotopic (exact) mass is 221 g/mol. The Bertz CT molecular complexity index is 414. The van der Waals surface area contributed by atoms with Crippen molar-refractivity contribution in [3.05, 3.63) is 42.5 Å². The fourth-order valence-corrected chi connectivity index (χ4v) is 1.06. The summed E-state index contributed by atoms with van der Waals surface area (Å²) in [5.74, 6) is -1.11. The number of aromatic carboxylic acids is 1. The van der Waals surface area contributed by atoms with Gasteiger partial charge in [-0.15, -0.1) is 0 Å². The Hall–Kier alpha value is -2.30. The van der Waals surface area contributed by atoms with Gasteiger partial charge in [-0.2, -0.15) is 0 Å². The highest BCUT2D eigenvalue weighted by molar-refractivity contribution is 5.98. The largest absolute Gasteiger partial charge is 0.478 e. The summed E-state index contributed by atoms with van der Waals surface area (Å²) in [5, 5.41) is 11.2. The summed E-state index contributed by atoms with van der Waals surface area (Å²) in [7, 11) is 0. The molecular weight excluding hydrogens is 210 g/mol. The molecule has 0 heterocycles. The maximum absolute atomic E-state index is 11.2. The molecule has 0 saturated heterocycles. The number of carbonyl (C=O) groups excluding carboxylic acids is 1. The van der Waals surface area contributed by atoms with E-state index >= 15 is 0 Å². The predicted molar refractivity (Wildman–Crippen MR) is 58.6 cm³/mol. The number of benzene rings is 1. The van der Waals surface area contributed by atoms with Crippen LogP contribution in [-0.4, -0.2) is 23.8 Å². The van der Waals surface area contributed by atoms with Crippen molar-refractivity contribution >= 4 is 17.7 Å². The van der Waals surface area contributed by atoms with Crippen molar-refractivity contribution in [1.82, 2.24) is 0 Å². The summed E-state index contributed by atoms with van der Waals surface area (Å²) in [4.78, 5) is 22.0. The number of carboxylic acid groups (broad SMARTS) is 1. The maximum atomic E-state index is 11.2. The van der Waals surface area contributed by atoms with Gasteiger partial charge in [-0.25, -0.2) is 9.59 Å². The molecule has 0 aliphatic rings. The van der Waals surface area contributed by atoms with Crippen molar-refractivity contribution in [3.8, 4) is 0 Å². The van der Waals surface area contributed by atoms with E-state index in [1.54, 1.807) is 12.1 Å². The molecule has 0 aliphatic heterocycles. The zero-order valence-electron chi connectivity index (χ0n) is 8.47. The van der Waals surface area contributed by atoms with Crippen LogP contribution >= 0.6 is 0 Å². The Morgan fingerprint density at radius 1 is 1.44 bits per heavy atom. The Balaban J connectivity index is 2.76. The van der Waals surface area contributed by atoms with Crippen LogP contribution in [0.25, 0.3) is 0 Å². The lowest BCUT2D eigenvalue weighted by Gasteiger charge is -2.07. The van der Waals surface area contributed by atoms with E-state index in [2.05, 4.69) is 16.6 Å². The van der Waals surface area contributed by atoms with Crippen molar-refractivity contribution in [3.63, 3.8) is 0 Å². The summed E-state index contributed by atoms with van der Waals surface area (Å²) in [5.41, 5.74) is 0.210. The molecule has 16 heavy (non-hydrogen) atoms. The first-order valence-electron chi connectivity index (χ1n) is 4.52. The van der Waals surface area contributed by atoms with Gasteiger partial charge in [-0.3, -0.25) is 5.32 Å². The number of rotatable bonds is 4. The Kier molecular flexibility index (Phi) is 4.08. The number of anilines is 1. The van der Waals surface area contributed by atoms with E-state index in [1.807, 2.05) is 0 Å². The van der Waals surface area contributed by atoms with Crippen molar-refractivity contribution in [2.24, 2.45) is 0 Å². The van der Waals surface area contributed by atoms with Gasteiger partial charge in [0, 0.05) is 0 Å². The predicted octanol–water partition coefficient (Wildman–Crippen LogP) is 2.12. The first-order chi connectivity index (χ1) is 7.65. The van der Waals surface area contributed by atoms with Crippen molar-refractivity contribution in [1.29, 1.82) is 0 Å². The molecule has 0 spiro atoms. The number of para-hydroxylation sites is 1. The normalized spacial score (nSPS) is 9.25. The van der Waals surface area contributed by atoms with E-state index in [9.17, 15) is 9.59 Å². The van der Waals surface area contributed by atoms with Gasteiger partial charge in [0.1, 0.15) is 6.61 Å². The minimum atomic E-state index is -1.11. The summed E-state index contributed by atoms with van der Waals surface area (Å²) in [6.07, 6.45) is 0.705. The summed E-state index contributed by atoms with van der Waals surface area (Å²) in [6.45, 7) is 3.46. The highest BCUT2D eigenvalue weighted by Crippen LogP contribution is 2.14. The molecule has 0 saturated carbocycles. The van der Waals surface area contributed by atoms with Gasteiger partial charge in [0.05, 0.1) is 11.3 Å². The number of ether oxygens (including phenoxy) is 1. The number of amides is 1. The fourth-order valence-electron chi connectivity index (χ4n) is 1.06. The molecule has 1 amide bonds. The van der Waals surface area contributed by atoms with Gasteiger partial charge in [-0.1, -0.05) is 24.8 Å². The lowest BCUT2D eigenvalue weighted by molar-refractivity contribution is 0.0698. The SMILES string of the molecule is C=CCOC(=O)Nc1ccccc1C(=O)O. The lowest BCUT2D eigenvalue weighted by Crippen LogP contribution is -2.15. The molecule has 0 radical (unpaired) electrons. The third-order valence-corrected chi connectivity index (χ3v) is 1.73. The molecule has 5 nitrogen and oxygen atoms in total. The highest BCUT2D eigenvalue weighted by atomic mass is 16.5. The van der Waals surface area contributed by atoms with Crippen LogP contribution in [0.4, 0.5) is 10.5 Å². The minimum absolute atomic E-state index is 0.0121. The average molecular weight is 221 g/mol. The Morgan fingerprint density at radius 2 is 2.12 bits per heavy atom. The van der Waals surface area contributed by atoms with Gasteiger partial charge in [0.2, 0.25) is 0 Å². The van der Waals surface area contributed by atoms with Gasteiger partial charge >= 0.3 is 12.1 Å². The van der Waals surface area contributed by atoms with Gasteiger partial charge in [0.15, 0.2) is 0 Å². The number of nitrogens with one attached hydrogen (secondary N) is 1. The molecule has 0 fully saturated rings. The first-order valence-corrected chi connectivity index (χ1v) is 4.52. The molecule has 1 aromatic rings. The second kappa shape index (κ2) is 5.55. The van der Waals surface area contributed by atoms with Crippen molar-refractivity contribution in [2.45, 2.75) is 0 Å². The topological polar surface area (TPSA) is 75.6 Å². The molecule has 0 aliphatic carbocycles. The molecule has 5 heteroatoms. The number of hydrogen-bond donors (Lipinski definition) is 2. The van der Waals surface area contributed by atoms with E-state index in [0.717, 1.165) is 0 Å². The smallest absolute Gasteiger partial charge is 0.411 e. The van der Waals surface area contributed by atoms with Crippen LogP contribution in [0.2, 0.25) is 0 Å².